The molecule has 4 rings (SSSR count). The van der Waals surface area contributed by atoms with E-state index in [1.165, 1.54) is 13.8 Å². The summed E-state index contributed by atoms with van der Waals surface area (Å²) >= 11 is 3.42. The Morgan fingerprint density at radius 2 is 1.90 bits per heavy atom. The van der Waals surface area contributed by atoms with Crippen molar-refractivity contribution >= 4 is 38.8 Å². The van der Waals surface area contributed by atoms with Crippen LogP contribution in [0.1, 0.15) is 33.6 Å². The van der Waals surface area contributed by atoms with Crippen LogP contribution >= 0.6 is 15.9 Å². The number of carbonyl (C=O) groups is 2. The number of pyridine rings is 1. The Labute approximate surface area is 176 Å². The normalized spacial score (nSPS) is 30.8. The van der Waals surface area contributed by atoms with Gasteiger partial charge in [-0.25, -0.2) is 0 Å². The van der Waals surface area contributed by atoms with Gasteiger partial charge in [0, 0.05) is 48.8 Å². The van der Waals surface area contributed by atoms with Crippen LogP contribution in [-0.2, 0) is 23.8 Å². The SMILES string of the molecule is CC(=O)O[C@H]1C(C)O[C@]2(C[C@H](Oc3ccc4cc(Br)cnc4c3)C2)[C@H]1OC(C)=O. The molecule has 1 aromatic carbocycles. The molecule has 3 atom stereocenters. The van der Waals surface area contributed by atoms with Crippen LogP contribution in [0.5, 0.6) is 5.75 Å². The highest BCUT2D eigenvalue weighted by Crippen LogP contribution is 2.49. The Hall–Kier alpha value is -2.19. The predicted octanol–water partition coefficient (Wildman–Crippen LogP) is 3.56. The smallest absolute Gasteiger partial charge is 0.303 e. The second-order valence-electron chi connectivity index (χ2n) is 7.65. The molecule has 7 nitrogen and oxygen atoms in total. The van der Waals surface area contributed by atoms with E-state index in [0.29, 0.717) is 12.8 Å². The highest BCUT2D eigenvalue weighted by atomic mass is 79.9. The van der Waals surface area contributed by atoms with E-state index < -0.39 is 29.7 Å². The maximum Gasteiger partial charge on any atom is 0.303 e. The van der Waals surface area contributed by atoms with Crippen molar-refractivity contribution in [1.29, 1.82) is 0 Å². The van der Waals surface area contributed by atoms with Crippen LogP contribution in [0.4, 0.5) is 0 Å². The Kier molecular flexibility index (Phi) is 5.25. The first kappa shape index (κ1) is 20.1. The minimum absolute atomic E-state index is 0.0933. The zero-order valence-electron chi connectivity index (χ0n) is 16.4. The maximum atomic E-state index is 11.6. The van der Waals surface area contributed by atoms with Gasteiger partial charge in [0.05, 0.1) is 11.6 Å². The highest BCUT2D eigenvalue weighted by molar-refractivity contribution is 9.10. The number of ether oxygens (including phenoxy) is 4. The number of hydrogen-bond donors (Lipinski definition) is 0. The van der Waals surface area contributed by atoms with Crippen molar-refractivity contribution in [1.82, 2.24) is 4.98 Å². The number of nitrogens with zero attached hydrogens (tertiary/aromatic N) is 1. The molecule has 1 unspecified atom stereocenters. The van der Waals surface area contributed by atoms with Gasteiger partial charge < -0.3 is 18.9 Å². The lowest BCUT2D eigenvalue weighted by atomic mass is 9.73. The first-order valence-corrected chi connectivity index (χ1v) is 10.3. The summed E-state index contributed by atoms with van der Waals surface area (Å²) in [4.78, 5) is 27.5. The van der Waals surface area contributed by atoms with Gasteiger partial charge in [0.2, 0.25) is 0 Å². The Morgan fingerprint density at radius 1 is 1.17 bits per heavy atom. The molecule has 154 valence electrons. The van der Waals surface area contributed by atoms with Crippen LogP contribution in [0.15, 0.2) is 34.9 Å². The van der Waals surface area contributed by atoms with E-state index in [9.17, 15) is 9.59 Å². The van der Waals surface area contributed by atoms with Crippen molar-refractivity contribution in [3.8, 4) is 5.75 Å². The topological polar surface area (TPSA) is 84.0 Å². The van der Waals surface area contributed by atoms with E-state index >= 15 is 0 Å². The molecule has 1 aliphatic heterocycles. The Bertz CT molecular complexity index is 957. The molecule has 1 aliphatic carbocycles. The number of halogens is 1. The van der Waals surface area contributed by atoms with Crippen molar-refractivity contribution in [2.24, 2.45) is 0 Å². The second-order valence-corrected chi connectivity index (χ2v) is 8.56. The minimum Gasteiger partial charge on any atom is -0.490 e. The van der Waals surface area contributed by atoms with Crippen LogP contribution in [0.25, 0.3) is 10.9 Å². The fourth-order valence-electron chi connectivity index (χ4n) is 4.22. The van der Waals surface area contributed by atoms with Gasteiger partial charge in [-0.1, -0.05) is 0 Å². The lowest BCUT2D eigenvalue weighted by molar-refractivity contribution is -0.191. The molecule has 1 aromatic heterocycles. The van der Waals surface area contributed by atoms with Crippen LogP contribution in [0, 0.1) is 0 Å². The molecule has 0 N–H and O–H groups in total. The fraction of sp³-hybridized carbons (Fsp3) is 0.476. The van der Waals surface area contributed by atoms with Crippen LogP contribution in [-0.4, -0.2) is 46.9 Å². The van der Waals surface area contributed by atoms with Crippen LogP contribution in [0.2, 0.25) is 0 Å². The van der Waals surface area contributed by atoms with Crippen molar-refractivity contribution in [3.05, 3.63) is 34.9 Å². The van der Waals surface area contributed by atoms with Gasteiger partial charge in [-0.2, -0.15) is 0 Å². The van der Waals surface area contributed by atoms with Gasteiger partial charge in [0.1, 0.15) is 17.5 Å². The Morgan fingerprint density at radius 3 is 2.59 bits per heavy atom. The molecule has 0 radical (unpaired) electrons. The number of carbonyl (C=O) groups excluding carboxylic acids is 2. The summed E-state index contributed by atoms with van der Waals surface area (Å²) < 4.78 is 24.0. The zero-order valence-corrected chi connectivity index (χ0v) is 18.0. The number of fused-ring (bicyclic) bond motifs is 1. The quantitative estimate of drug-likeness (QED) is 0.640. The second kappa shape index (κ2) is 7.57. The van der Waals surface area contributed by atoms with Gasteiger partial charge in [-0.3, -0.25) is 14.6 Å². The summed E-state index contributed by atoms with van der Waals surface area (Å²) in [6.07, 6.45) is 1.10. The van der Waals surface area contributed by atoms with Gasteiger partial charge >= 0.3 is 11.9 Å². The largest absolute Gasteiger partial charge is 0.490 e. The molecule has 0 amide bonds. The summed E-state index contributed by atoms with van der Waals surface area (Å²) in [5.74, 6) is -0.138. The molecule has 8 heteroatoms. The van der Waals surface area contributed by atoms with E-state index in [1.54, 1.807) is 6.20 Å². The van der Waals surface area contributed by atoms with Crippen molar-refractivity contribution in [2.75, 3.05) is 0 Å². The summed E-state index contributed by atoms with van der Waals surface area (Å²) in [5.41, 5.74) is 0.147. The van der Waals surface area contributed by atoms with Crippen LogP contribution < -0.4 is 4.74 Å². The molecule has 2 heterocycles. The molecular formula is C21H22BrNO6. The van der Waals surface area contributed by atoms with E-state index in [-0.39, 0.29) is 12.2 Å². The lowest BCUT2D eigenvalue weighted by Gasteiger charge is -2.46. The van der Waals surface area contributed by atoms with Crippen molar-refractivity contribution in [2.45, 2.75) is 63.6 Å². The highest BCUT2D eigenvalue weighted by Gasteiger charge is 2.64. The average Bonchev–Trinajstić information content (AvgIpc) is 2.86. The van der Waals surface area contributed by atoms with Gasteiger partial charge in [0.15, 0.2) is 12.2 Å². The molecule has 1 spiro atoms. The van der Waals surface area contributed by atoms with E-state index in [0.717, 1.165) is 21.1 Å². The molecule has 2 aliphatic rings. The van der Waals surface area contributed by atoms with Gasteiger partial charge in [-0.15, -0.1) is 0 Å². The molecular weight excluding hydrogens is 442 g/mol. The number of hydrogen-bond acceptors (Lipinski definition) is 7. The van der Waals surface area contributed by atoms with Crippen LogP contribution in [0.3, 0.4) is 0 Å². The fourth-order valence-corrected chi connectivity index (χ4v) is 4.56. The van der Waals surface area contributed by atoms with Gasteiger partial charge in [0.25, 0.3) is 0 Å². The maximum absolute atomic E-state index is 11.6. The summed E-state index contributed by atoms with van der Waals surface area (Å²) in [5, 5.41) is 1.02. The molecule has 1 saturated carbocycles. The summed E-state index contributed by atoms with van der Waals surface area (Å²) in [6, 6.07) is 7.77. The summed E-state index contributed by atoms with van der Waals surface area (Å²) in [7, 11) is 0. The predicted molar refractivity (Wildman–Crippen MR) is 107 cm³/mol. The molecule has 0 bridgehead atoms. The third-order valence-corrected chi connectivity index (χ3v) is 5.80. The first-order valence-electron chi connectivity index (χ1n) is 9.50. The van der Waals surface area contributed by atoms with Gasteiger partial charge in [-0.05, 0) is 41.1 Å². The lowest BCUT2D eigenvalue weighted by Crippen LogP contribution is -2.58. The summed E-state index contributed by atoms with van der Waals surface area (Å²) in [6.45, 7) is 4.50. The third-order valence-electron chi connectivity index (χ3n) is 5.37. The Balaban J connectivity index is 1.47. The van der Waals surface area contributed by atoms with E-state index in [2.05, 4.69) is 20.9 Å². The van der Waals surface area contributed by atoms with Crippen molar-refractivity contribution < 1.29 is 28.5 Å². The number of benzene rings is 1. The average molecular weight is 464 g/mol. The zero-order chi connectivity index (χ0) is 20.8. The molecule has 1 saturated heterocycles. The van der Waals surface area contributed by atoms with E-state index in [4.69, 9.17) is 18.9 Å². The molecule has 2 fully saturated rings. The standard InChI is InChI=1S/C21H22BrNO6/c1-11-19(26-12(2)24)20(27-13(3)25)21(29-11)8-17(9-21)28-16-5-4-14-6-15(22)10-23-18(14)7-16/h4-7,10-11,17,19-20H,8-9H2,1-3H3/t11?,17-,19-,20-,21-/m0/s1. The third kappa shape index (κ3) is 3.96. The van der Waals surface area contributed by atoms with Crippen molar-refractivity contribution in [3.63, 3.8) is 0 Å². The minimum atomic E-state index is -0.699. The number of aromatic nitrogens is 1. The molecule has 29 heavy (non-hydrogen) atoms. The first-order chi connectivity index (χ1) is 13.8. The van der Waals surface area contributed by atoms with E-state index in [1.807, 2.05) is 31.2 Å². The molecule has 2 aromatic rings. The number of esters is 2. The number of rotatable bonds is 4. The monoisotopic (exact) mass is 463 g/mol.